The molecule has 0 amide bonds. The second-order valence-corrected chi connectivity index (χ2v) is 8.23. The molecule has 7 nitrogen and oxygen atoms in total. The Balaban J connectivity index is 2.02. The highest BCUT2D eigenvalue weighted by Gasteiger charge is 2.23. The molecule has 0 N–H and O–H groups in total. The molecule has 3 rings (SSSR count). The van der Waals surface area contributed by atoms with Crippen LogP contribution in [0.5, 0.6) is 0 Å². The van der Waals surface area contributed by atoms with E-state index in [-0.39, 0.29) is 16.5 Å². The van der Waals surface area contributed by atoms with Crippen molar-refractivity contribution in [2.75, 3.05) is 11.4 Å². The third-order valence-electron chi connectivity index (χ3n) is 4.08. The lowest BCUT2D eigenvalue weighted by Crippen LogP contribution is -2.27. The average Bonchev–Trinajstić information content (AvgIpc) is 3.12. The van der Waals surface area contributed by atoms with Gasteiger partial charge >= 0.3 is 5.88 Å². The van der Waals surface area contributed by atoms with Gasteiger partial charge in [-0.1, -0.05) is 23.7 Å². The predicted molar refractivity (Wildman–Crippen MR) is 103 cm³/mol. The van der Waals surface area contributed by atoms with E-state index in [4.69, 9.17) is 16.0 Å². The van der Waals surface area contributed by atoms with Crippen molar-refractivity contribution < 1.29 is 17.8 Å². The quantitative estimate of drug-likeness (QED) is 0.454. The number of anilines is 1. The number of furan rings is 1. The van der Waals surface area contributed by atoms with Gasteiger partial charge in [0.2, 0.25) is 0 Å². The van der Waals surface area contributed by atoms with E-state index in [0.29, 0.717) is 16.3 Å². The summed E-state index contributed by atoms with van der Waals surface area (Å²) in [4.78, 5) is 10.3. The Bertz CT molecular complexity index is 1110. The maximum atomic E-state index is 12.9. The van der Waals surface area contributed by atoms with Gasteiger partial charge in [-0.05, 0) is 48.9 Å². The Morgan fingerprint density at radius 1 is 1.07 bits per heavy atom. The molecule has 140 valence electrons. The van der Waals surface area contributed by atoms with Crippen molar-refractivity contribution in [2.24, 2.45) is 0 Å². The normalized spacial score (nSPS) is 11.4. The van der Waals surface area contributed by atoms with Gasteiger partial charge in [0.15, 0.2) is 0 Å². The van der Waals surface area contributed by atoms with Crippen LogP contribution in [-0.2, 0) is 10.0 Å². The molecule has 2 aromatic carbocycles. The third-order valence-corrected chi connectivity index (χ3v) is 6.11. The number of rotatable bonds is 5. The zero-order valence-corrected chi connectivity index (χ0v) is 16.0. The van der Waals surface area contributed by atoms with Crippen LogP contribution in [0, 0.1) is 17.0 Å². The molecule has 0 saturated heterocycles. The molecule has 9 heteroatoms. The zero-order valence-electron chi connectivity index (χ0n) is 14.4. The molecule has 3 aromatic rings. The molecule has 0 bridgehead atoms. The van der Waals surface area contributed by atoms with Crippen LogP contribution in [0.15, 0.2) is 63.9 Å². The number of sulfonamides is 1. The fourth-order valence-electron chi connectivity index (χ4n) is 2.58. The summed E-state index contributed by atoms with van der Waals surface area (Å²) in [6.07, 6.45) is 0. The van der Waals surface area contributed by atoms with Gasteiger partial charge in [-0.2, -0.15) is 0 Å². The number of hydrogen-bond donors (Lipinski definition) is 0. The summed E-state index contributed by atoms with van der Waals surface area (Å²) in [6, 6.07) is 13.7. The van der Waals surface area contributed by atoms with Crippen LogP contribution < -0.4 is 4.31 Å². The maximum absolute atomic E-state index is 12.9. The second-order valence-electron chi connectivity index (χ2n) is 5.82. The highest BCUT2D eigenvalue weighted by Crippen LogP contribution is 2.32. The number of nitrogens with zero attached hydrogens (tertiary/aromatic N) is 2. The van der Waals surface area contributed by atoms with E-state index in [9.17, 15) is 18.5 Å². The Morgan fingerprint density at radius 2 is 1.74 bits per heavy atom. The lowest BCUT2D eigenvalue weighted by Gasteiger charge is -2.22. The van der Waals surface area contributed by atoms with E-state index in [1.165, 1.54) is 43.4 Å². The van der Waals surface area contributed by atoms with E-state index in [1.807, 2.05) is 0 Å². The van der Waals surface area contributed by atoms with Crippen LogP contribution in [0.4, 0.5) is 11.6 Å². The van der Waals surface area contributed by atoms with Gasteiger partial charge in [-0.3, -0.25) is 14.4 Å². The van der Waals surface area contributed by atoms with Crippen molar-refractivity contribution >= 4 is 33.2 Å². The second kappa shape index (κ2) is 7.05. The van der Waals surface area contributed by atoms with E-state index in [2.05, 4.69) is 0 Å². The maximum Gasteiger partial charge on any atom is 0.433 e. The van der Waals surface area contributed by atoms with Crippen LogP contribution in [0.2, 0.25) is 5.02 Å². The summed E-state index contributed by atoms with van der Waals surface area (Å²) in [5.74, 6) is -0.102. The molecule has 0 aliphatic heterocycles. The molecule has 0 saturated carbocycles. The Morgan fingerprint density at radius 3 is 2.33 bits per heavy atom. The summed E-state index contributed by atoms with van der Waals surface area (Å²) in [7, 11) is -2.36. The minimum atomic E-state index is -3.80. The summed E-state index contributed by atoms with van der Waals surface area (Å²) < 4.78 is 32.2. The Labute approximate surface area is 161 Å². The molecule has 0 radical (unpaired) electrons. The van der Waals surface area contributed by atoms with E-state index in [1.54, 1.807) is 25.1 Å². The summed E-state index contributed by atoms with van der Waals surface area (Å²) >= 11 is 5.83. The first-order valence-electron chi connectivity index (χ1n) is 7.80. The van der Waals surface area contributed by atoms with Gasteiger partial charge in [-0.15, -0.1) is 0 Å². The van der Waals surface area contributed by atoms with Gasteiger partial charge < -0.3 is 4.42 Å². The minimum Gasteiger partial charge on any atom is -0.401 e. The predicted octanol–water partition coefficient (Wildman–Crippen LogP) is 4.64. The number of halogens is 1. The van der Waals surface area contributed by atoms with Crippen LogP contribution in [0.25, 0.3) is 11.3 Å². The van der Waals surface area contributed by atoms with Crippen LogP contribution >= 0.6 is 11.6 Å². The van der Waals surface area contributed by atoms with Crippen molar-refractivity contribution in [3.63, 3.8) is 0 Å². The van der Waals surface area contributed by atoms with Gasteiger partial charge in [0.05, 0.1) is 16.6 Å². The highest BCUT2D eigenvalue weighted by molar-refractivity contribution is 7.92. The largest absolute Gasteiger partial charge is 0.433 e. The van der Waals surface area contributed by atoms with Crippen molar-refractivity contribution in [2.45, 2.75) is 11.8 Å². The summed E-state index contributed by atoms with van der Waals surface area (Å²) in [5, 5.41) is 11.2. The highest BCUT2D eigenvalue weighted by atomic mass is 35.5. The van der Waals surface area contributed by atoms with E-state index in [0.717, 1.165) is 9.87 Å². The van der Waals surface area contributed by atoms with Crippen molar-refractivity contribution in [3.05, 3.63) is 75.3 Å². The molecule has 0 atom stereocenters. The molecule has 0 aliphatic rings. The molecule has 1 aromatic heterocycles. The topological polar surface area (TPSA) is 93.7 Å². The third kappa shape index (κ3) is 3.67. The number of hydrogen-bond acceptors (Lipinski definition) is 5. The average molecular weight is 407 g/mol. The number of nitro groups is 1. The van der Waals surface area contributed by atoms with Crippen molar-refractivity contribution in [1.29, 1.82) is 0 Å². The van der Waals surface area contributed by atoms with E-state index >= 15 is 0 Å². The molecule has 0 spiro atoms. The smallest absolute Gasteiger partial charge is 0.401 e. The first kappa shape index (κ1) is 18.9. The Kier molecular flexibility index (Phi) is 4.95. The first-order chi connectivity index (χ1) is 12.7. The summed E-state index contributed by atoms with van der Waals surface area (Å²) in [6.45, 7) is 1.78. The number of benzene rings is 2. The SMILES string of the molecule is Cc1ccc(-c2ccc([N+](=O)[O-])o2)cc1N(C)S(=O)(=O)c1ccc(Cl)cc1. The molecular weight excluding hydrogens is 392 g/mol. The van der Waals surface area contributed by atoms with Gasteiger partial charge in [0.25, 0.3) is 10.0 Å². The fourth-order valence-corrected chi connectivity index (χ4v) is 3.95. The molecule has 0 aliphatic carbocycles. The molecule has 1 heterocycles. The Hall–Kier alpha value is -2.84. The first-order valence-corrected chi connectivity index (χ1v) is 9.61. The van der Waals surface area contributed by atoms with Crippen molar-refractivity contribution in [1.82, 2.24) is 0 Å². The molecule has 0 unspecified atom stereocenters. The standard InChI is InChI=1S/C18H15ClN2O5S/c1-12-3-4-13(17-9-10-18(26-17)21(22)23)11-16(12)20(2)27(24,25)15-7-5-14(19)6-8-15/h3-11H,1-2H3. The monoisotopic (exact) mass is 406 g/mol. The van der Waals surface area contributed by atoms with E-state index < -0.39 is 14.9 Å². The van der Waals surface area contributed by atoms with Crippen molar-refractivity contribution in [3.8, 4) is 11.3 Å². The van der Waals surface area contributed by atoms with Crippen LogP contribution in [0.1, 0.15) is 5.56 Å². The summed E-state index contributed by atoms with van der Waals surface area (Å²) in [5.41, 5.74) is 1.68. The lowest BCUT2D eigenvalue weighted by molar-refractivity contribution is -0.401. The molecule has 27 heavy (non-hydrogen) atoms. The minimum absolute atomic E-state index is 0.104. The van der Waals surface area contributed by atoms with Crippen LogP contribution in [-0.4, -0.2) is 20.4 Å². The molecular formula is C18H15ClN2O5S. The van der Waals surface area contributed by atoms with Gasteiger partial charge in [0.1, 0.15) is 10.7 Å². The zero-order chi connectivity index (χ0) is 19.8. The lowest BCUT2D eigenvalue weighted by atomic mass is 10.1. The molecule has 0 fully saturated rings. The number of aryl methyl sites for hydroxylation is 1. The van der Waals surface area contributed by atoms with Gasteiger partial charge in [0, 0.05) is 17.6 Å². The fraction of sp³-hybridized carbons (Fsp3) is 0.111. The van der Waals surface area contributed by atoms with Gasteiger partial charge in [-0.25, -0.2) is 8.42 Å². The van der Waals surface area contributed by atoms with Crippen LogP contribution in [0.3, 0.4) is 0 Å².